The van der Waals surface area contributed by atoms with E-state index in [1.165, 1.54) is 0 Å². The number of hydrogen-bond donors (Lipinski definition) is 1. The number of rotatable bonds is 3. The van der Waals surface area contributed by atoms with E-state index in [1.807, 2.05) is 32.0 Å². The van der Waals surface area contributed by atoms with Crippen LogP contribution < -0.4 is 4.90 Å². The molecular formula is C14H18N2O3. The van der Waals surface area contributed by atoms with Gasteiger partial charge in [0, 0.05) is 13.6 Å². The Hall–Kier alpha value is -2.04. The van der Waals surface area contributed by atoms with E-state index in [9.17, 15) is 9.59 Å². The monoisotopic (exact) mass is 262 g/mol. The number of hydrogen-bond acceptors (Lipinski definition) is 2. The first-order chi connectivity index (χ1) is 8.91. The number of urea groups is 1. The Balaban J connectivity index is 2.44. The van der Waals surface area contributed by atoms with Gasteiger partial charge in [-0.3, -0.25) is 9.69 Å². The van der Waals surface area contributed by atoms with Crippen molar-refractivity contribution < 1.29 is 14.7 Å². The van der Waals surface area contributed by atoms with Crippen LogP contribution >= 0.6 is 0 Å². The highest BCUT2D eigenvalue weighted by atomic mass is 16.4. The Bertz CT molecular complexity index is 507. The maximum atomic E-state index is 12.3. The van der Waals surface area contributed by atoms with Crippen molar-refractivity contribution in [3.63, 3.8) is 0 Å². The highest BCUT2D eigenvalue weighted by Crippen LogP contribution is 2.31. The van der Waals surface area contributed by atoms with Gasteiger partial charge >= 0.3 is 12.0 Å². The summed E-state index contributed by atoms with van der Waals surface area (Å²) in [6.45, 7) is 4.32. The van der Waals surface area contributed by atoms with Gasteiger partial charge in [-0.1, -0.05) is 18.2 Å². The third-order valence-electron chi connectivity index (χ3n) is 3.47. The zero-order valence-electron chi connectivity index (χ0n) is 11.4. The SMILES string of the molecule is Cc1cccc(C)c1N1C(=O)N(C)CC1CC(=O)O. The molecule has 1 aromatic carbocycles. The Morgan fingerprint density at radius 1 is 1.37 bits per heavy atom. The maximum Gasteiger partial charge on any atom is 0.324 e. The fraction of sp³-hybridized carbons (Fsp3) is 0.429. The first kappa shape index (κ1) is 13.4. The van der Waals surface area contributed by atoms with Crippen molar-refractivity contribution in [2.45, 2.75) is 26.3 Å². The fourth-order valence-corrected chi connectivity index (χ4v) is 2.64. The number of likely N-dealkylation sites (N-methyl/N-ethyl adjacent to an activating group) is 1. The molecule has 5 heteroatoms. The second kappa shape index (κ2) is 4.91. The minimum Gasteiger partial charge on any atom is -0.481 e. The predicted molar refractivity (Wildman–Crippen MR) is 72.5 cm³/mol. The molecule has 1 aliphatic heterocycles. The minimum atomic E-state index is -0.885. The largest absolute Gasteiger partial charge is 0.481 e. The molecule has 0 aromatic heterocycles. The molecule has 1 aliphatic rings. The van der Waals surface area contributed by atoms with Gasteiger partial charge < -0.3 is 10.0 Å². The van der Waals surface area contributed by atoms with Crippen LogP contribution in [0.2, 0.25) is 0 Å². The molecule has 2 rings (SSSR count). The molecular weight excluding hydrogens is 244 g/mol. The predicted octanol–water partition coefficient (Wildman–Crippen LogP) is 2.02. The van der Waals surface area contributed by atoms with Crippen LogP contribution in [0.5, 0.6) is 0 Å². The van der Waals surface area contributed by atoms with Crippen molar-refractivity contribution >= 4 is 17.7 Å². The zero-order chi connectivity index (χ0) is 14.2. The number of carboxylic acids is 1. The number of nitrogens with zero attached hydrogens (tertiary/aromatic N) is 2. The van der Waals surface area contributed by atoms with Gasteiger partial charge in [0.2, 0.25) is 0 Å². The van der Waals surface area contributed by atoms with Crippen molar-refractivity contribution in [2.24, 2.45) is 0 Å². The molecule has 0 spiro atoms. The zero-order valence-corrected chi connectivity index (χ0v) is 11.4. The van der Waals surface area contributed by atoms with Crippen LogP contribution in [0.25, 0.3) is 0 Å². The summed E-state index contributed by atoms with van der Waals surface area (Å²) in [5.74, 6) is -0.885. The van der Waals surface area contributed by atoms with Gasteiger partial charge in [-0.25, -0.2) is 4.79 Å². The smallest absolute Gasteiger partial charge is 0.324 e. The fourth-order valence-electron chi connectivity index (χ4n) is 2.64. The molecule has 1 aromatic rings. The third-order valence-corrected chi connectivity index (χ3v) is 3.47. The van der Waals surface area contributed by atoms with E-state index in [0.29, 0.717) is 6.54 Å². The molecule has 1 atom stereocenters. The summed E-state index contributed by atoms with van der Waals surface area (Å²) in [6.07, 6.45) is -0.0378. The van der Waals surface area contributed by atoms with Crippen molar-refractivity contribution in [3.8, 4) is 0 Å². The van der Waals surface area contributed by atoms with E-state index in [-0.39, 0.29) is 18.5 Å². The molecule has 0 bridgehead atoms. The lowest BCUT2D eigenvalue weighted by Crippen LogP contribution is -2.36. The Kier molecular flexibility index (Phi) is 3.46. The molecule has 1 heterocycles. The van der Waals surface area contributed by atoms with E-state index in [2.05, 4.69) is 0 Å². The molecule has 1 unspecified atom stereocenters. The van der Waals surface area contributed by atoms with Gasteiger partial charge in [-0.05, 0) is 25.0 Å². The van der Waals surface area contributed by atoms with E-state index in [4.69, 9.17) is 5.11 Å². The lowest BCUT2D eigenvalue weighted by atomic mass is 10.1. The van der Waals surface area contributed by atoms with E-state index in [0.717, 1.165) is 16.8 Å². The lowest BCUT2D eigenvalue weighted by molar-refractivity contribution is -0.137. The van der Waals surface area contributed by atoms with Crippen LogP contribution in [0.1, 0.15) is 17.5 Å². The number of amides is 2. The molecule has 102 valence electrons. The standard InChI is InChI=1S/C14H18N2O3/c1-9-5-4-6-10(2)13(9)16-11(7-12(17)18)8-15(3)14(16)19/h4-6,11H,7-8H2,1-3H3,(H,17,18). The van der Waals surface area contributed by atoms with Crippen molar-refractivity contribution in [1.29, 1.82) is 0 Å². The van der Waals surface area contributed by atoms with E-state index >= 15 is 0 Å². The second-order valence-corrected chi connectivity index (χ2v) is 5.03. The van der Waals surface area contributed by atoms with Crippen molar-refractivity contribution in [1.82, 2.24) is 4.90 Å². The summed E-state index contributed by atoms with van der Waals surface area (Å²) in [4.78, 5) is 26.4. The van der Waals surface area contributed by atoms with Gasteiger partial charge in [0.1, 0.15) is 0 Å². The summed E-state index contributed by atoms with van der Waals surface area (Å²) in [6, 6.07) is 5.36. The highest BCUT2D eigenvalue weighted by molar-refractivity contribution is 5.97. The summed E-state index contributed by atoms with van der Waals surface area (Å²) >= 11 is 0. The number of anilines is 1. The molecule has 0 radical (unpaired) electrons. The van der Waals surface area contributed by atoms with Crippen LogP contribution in [0.4, 0.5) is 10.5 Å². The third kappa shape index (κ3) is 2.41. The number of para-hydroxylation sites is 1. The van der Waals surface area contributed by atoms with Crippen LogP contribution in [0.3, 0.4) is 0 Å². The van der Waals surface area contributed by atoms with Gasteiger partial charge in [-0.15, -0.1) is 0 Å². The maximum absolute atomic E-state index is 12.3. The molecule has 5 nitrogen and oxygen atoms in total. The normalized spacial score (nSPS) is 19.1. The van der Waals surface area contributed by atoms with Crippen molar-refractivity contribution in [3.05, 3.63) is 29.3 Å². The van der Waals surface area contributed by atoms with E-state index in [1.54, 1.807) is 16.8 Å². The number of aliphatic carboxylic acids is 1. The molecule has 19 heavy (non-hydrogen) atoms. The van der Waals surface area contributed by atoms with Crippen LogP contribution in [-0.2, 0) is 4.79 Å². The Labute approximate surface area is 112 Å². The molecule has 2 amide bonds. The minimum absolute atomic E-state index is 0.0378. The van der Waals surface area contributed by atoms with Crippen LogP contribution in [0.15, 0.2) is 18.2 Å². The lowest BCUT2D eigenvalue weighted by Gasteiger charge is -2.25. The summed E-state index contributed by atoms with van der Waals surface area (Å²) in [5.41, 5.74) is 2.81. The summed E-state index contributed by atoms with van der Waals surface area (Å²) < 4.78 is 0. The molecule has 1 saturated heterocycles. The summed E-state index contributed by atoms with van der Waals surface area (Å²) in [7, 11) is 1.70. The van der Waals surface area contributed by atoms with Crippen LogP contribution in [0, 0.1) is 13.8 Å². The van der Waals surface area contributed by atoms with Crippen molar-refractivity contribution in [2.75, 3.05) is 18.5 Å². The van der Waals surface area contributed by atoms with Gasteiger partial charge in [0.05, 0.1) is 18.2 Å². The van der Waals surface area contributed by atoms with E-state index < -0.39 is 5.97 Å². The molecule has 0 aliphatic carbocycles. The average Bonchev–Trinajstić information content (AvgIpc) is 2.56. The topological polar surface area (TPSA) is 60.9 Å². The number of carbonyl (C=O) groups is 2. The molecule has 0 saturated carbocycles. The first-order valence-electron chi connectivity index (χ1n) is 6.24. The van der Waals surface area contributed by atoms with Gasteiger partial charge in [0.15, 0.2) is 0 Å². The number of aryl methyl sites for hydroxylation is 2. The number of carbonyl (C=O) groups excluding carboxylic acids is 1. The first-order valence-corrected chi connectivity index (χ1v) is 6.24. The Morgan fingerprint density at radius 3 is 2.47 bits per heavy atom. The van der Waals surface area contributed by atoms with Gasteiger partial charge in [0.25, 0.3) is 0 Å². The molecule has 1 fully saturated rings. The quantitative estimate of drug-likeness (QED) is 0.906. The highest BCUT2D eigenvalue weighted by Gasteiger charge is 2.38. The van der Waals surface area contributed by atoms with Crippen LogP contribution in [-0.4, -0.2) is 41.6 Å². The average molecular weight is 262 g/mol. The number of carboxylic acid groups (broad SMARTS) is 1. The number of benzene rings is 1. The summed E-state index contributed by atoms with van der Waals surface area (Å²) in [5, 5.41) is 8.99. The van der Waals surface area contributed by atoms with Gasteiger partial charge in [-0.2, -0.15) is 0 Å². The molecule has 1 N–H and O–H groups in total. The second-order valence-electron chi connectivity index (χ2n) is 5.03. The Morgan fingerprint density at radius 2 is 1.95 bits per heavy atom.